The first-order chi connectivity index (χ1) is 11.5. The highest BCUT2D eigenvalue weighted by molar-refractivity contribution is 5.77. The lowest BCUT2D eigenvalue weighted by Gasteiger charge is -2.30. The average Bonchev–Trinajstić information content (AvgIpc) is 2.59. The van der Waals surface area contributed by atoms with Crippen LogP contribution in [0.2, 0.25) is 0 Å². The van der Waals surface area contributed by atoms with Gasteiger partial charge in [0.25, 0.3) is 0 Å². The SMILES string of the molecule is CCCc1ccc(C2(F)CC=C(F)C=C2c2ccc(F)cc2)cc1. The second kappa shape index (κ2) is 6.68. The van der Waals surface area contributed by atoms with Crippen molar-refractivity contribution in [1.82, 2.24) is 0 Å². The molecule has 0 aliphatic heterocycles. The Balaban J connectivity index is 2.03. The molecule has 0 saturated carbocycles. The first kappa shape index (κ1) is 16.6. The molecule has 3 heteroatoms. The Morgan fingerprint density at radius 3 is 2.25 bits per heavy atom. The lowest BCUT2D eigenvalue weighted by atomic mass is 9.78. The number of hydrogen-bond donors (Lipinski definition) is 0. The van der Waals surface area contributed by atoms with Crippen molar-refractivity contribution < 1.29 is 13.2 Å². The number of benzene rings is 2. The molecule has 2 aromatic rings. The number of rotatable bonds is 4. The van der Waals surface area contributed by atoms with Crippen molar-refractivity contribution >= 4 is 5.57 Å². The summed E-state index contributed by atoms with van der Waals surface area (Å²) in [5.74, 6) is -0.871. The molecule has 0 saturated heterocycles. The second-order valence-electron chi connectivity index (χ2n) is 6.11. The van der Waals surface area contributed by atoms with Crippen molar-refractivity contribution in [2.45, 2.75) is 31.9 Å². The van der Waals surface area contributed by atoms with Gasteiger partial charge in [-0.15, -0.1) is 0 Å². The van der Waals surface area contributed by atoms with E-state index in [1.54, 1.807) is 12.1 Å². The van der Waals surface area contributed by atoms with E-state index in [9.17, 15) is 8.78 Å². The fraction of sp³-hybridized carbons (Fsp3) is 0.238. The predicted octanol–water partition coefficient (Wildman–Crippen LogP) is 6.28. The van der Waals surface area contributed by atoms with Crippen molar-refractivity contribution in [2.24, 2.45) is 0 Å². The molecule has 0 N–H and O–H groups in total. The van der Waals surface area contributed by atoms with Crippen LogP contribution in [-0.4, -0.2) is 0 Å². The summed E-state index contributed by atoms with van der Waals surface area (Å²) >= 11 is 0. The van der Waals surface area contributed by atoms with Gasteiger partial charge in [0.15, 0.2) is 5.67 Å². The third kappa shape index (κ3) is 3.16. The molecule has 0 spiro atoms. The van der Waals surface area contributed by atoms with Crippen LogP contribution in [0, 0.1) is 5.82 Å². The topological polar surface area (TPSA) is 0 Å². The van der Waals surface area contributed by atoms with Gasteiger partial charge in [0.05, 0.1) is 0 Å². The summed E-state index contributed by atoms with van der Waals surface area (Å²) in [7, 11) is 0. The standard InChI is InChI=1S/C21H19F3/c1-2-3-15-4-8-17(9-5-15)21(24)13-12-19(23)14-20(21)16-6-10-18(22)11-7-16/h4-12,14H,2-3,13H2,1H3. The Hall–Kier alpha value is -2.29. The number of hydrogen-bond acceptors (Lipinski definition) is 0. The van der Waals surface area contributed by atoms with E-state index in [0.29, 0.717) is 11.1 Å². The van der Waals surface area contributed by atoms with Gasteiger partial charge in [-0.1, -0.05) is 49.7 Å². The van der Waals surface area contributed by atoms with Crippen LogP contribution in [0.4, 0.5) is 13.2 Å². The van der Waals surface area contributed by atoms with Crippen molar-refractivity contribution in [1.29, 1.82) is 0 Å². The van der Waals surface area contributed by atoms with Crippen molar-refractivity contribution in [3.63, 3.8) is 0 Å². The smallest absolute Gasteiger partial charge is 0.165 e. The highest BCUT2D eigenvalue weighted by Crippen LogP contribution is 2.46. The molecule has 0 amide bonds. The van der Waals surface area contributed by atoms with Gasteiger partial charge in [-0.2, -0.15) is 0 Å². The molecule has 2 aromatic carbocycles. The normalized spacial score (nSPS) is 20.5. The molecule has 3 rings (SSSR count). The Bertz CT molecular complexity index is 770. The minimum absolute atomic E-state index is 0.0742. The van der Waals surface area contributed by atoms with Crippen molar-refractivity contribution in [3.05, 3.63) is 89.0 Å². The first-order valence-electron chi connectivity index (χ1n) is 8.15. The number of halogens is 3. The van der Waals surface area contributed by atoms with Crippen LogP contribution in [0.5, 0.6) is 0 Å². The van der Waals surface area contributed by atoms with E-state index in [2.05, 4.69) is 6.92 Å². The van der Waals surface area contributed by atoms with Crippen LogP contribution in [0.25, 0.3) is 5.57 Å². The maximum absolute atomic E-state index is 15.9. The van der Waals surface area contributed by atoms with Gasteiger partial charge >= 0.3 is 0 Å². The maximum atomic E-state index is 15.9. The Morgan fingerprint density at radius 1 is 0.958 bits per heavy atom. The lowest BCUT2D eigenvalue weighted by Crippen LogP contribution is -2.24. The predicted molar refractivity (Wildman–Crippen MR) is 91.4 cm³/mol. The molecule has 1 aliphatic carbocycles. The van der Waals surface area contributed by atoms with E-state index in [0.717, 1.165) is 18.4 Å². The average molecular weight is 328 g/mol. The molecule has 0 bridgehead atoms. The molecule has 1 aliphatic rings. The fourth-order valence-corrected chi connectivity index (χ4v) is 3.10. The molecule has 124 valence electrons. The zero-order valence-electron chi connectivity index (χ0n) is 13.5. The summed E-state index contributed by atoms with van der Waals surface area (Å²) in [5.41, 5.74) is 0.528. The highest BCUT2D eigenvalue weighted by atomic mass is 19.1. The van der Waals surface area contributed by atoms with Crippen LogP contribution in [0.1, 0.15) is 36.5 Å². The van der Waals surface area contributed by atoms with Crippen LogP contribution in [0.3, 0.4) is 0 Å². The quantitative estimate of drug-likeness (QED) is 0.619. The molecule has 0 fully saturated rings. The molecule has 1 atom stereocenters. The summed E-state index contributed by atoms with van der Waals surface area (Å²) in [4.78, 5) is 0. The summed E-state index contributed by atoms with van der Waals surface area (Å²) in [6.45, 7) is 2.09. The molecular weight excluding hydrogens is 309 g/mol. The van der Waals surface area contributed by atoms with E-state index in [4.69, 9.17) is 0 Å². The van der Waals surface area contributed by atoms with Gasteiger partial charge in [0, 0.05) is 12.0 Å². The highest BCUT2D eigenvalue weighted by Gasteiger charge is 2.38. The van der Waals surface area contributed by atoms with E-state index < -0.39 is 17.3 Å². The molecule has 0 aromatic heterocycles. The largest absolute Gasteiger partial charge is 0.233 e. The molecule has 1 unspecified atom stereocenters. The Labute approximate surface area is 140 Å². The van der Waals surface area contributed by atoms with Gasteiger partial charge in [0.1, 0.15) is 11.6 Å². The van der Waals surface area contributed by atoms with E-state index in [1.807, 2.05) is 12.1 Å². The van der Waals surface area contributed by atoms with E-state index in [-0.39, 0.29) is 12.0 Å². The molecule has 0 nitrogen and oxygen atoms in total. The van der Waals surface area contributed by atoms with Crippen LogP contribution >= 0.6 is 0 Å². The minimum Gasteiger partial charge on any atom is -0.233 e. The third-order valence-electron chi connectivity index (χ3n) is 4.39. The Morgan fingerprint density at radius 2 is 1.62 bits per heavy atom. The summed E-state index contributed by atoms with van der Waals surface area (Å²) < 4.78 is 42.8. The molecule has 24 heavy (non-hydrogen) atoms. The van der Waals surface area contributed by atoms with Crippen LogP contribution in [-0.2, 0) is 12.1 Å². The van der Waals surface area contributed by atoms with Gasteiger partial charge in [-0.25, -0.2) is 13.2 Å². The van der Waals surface area contributed by atoms with Crippen LogP contribution < -0.4 is 0 Å². The summed E-state index contributed by atoms with van der Waals surface area (Å²) in [6.07, 6.45) is 4.35. The summed E-state index contributed by atoms with van der Waals surface area (Å²) in [6, 6.07) is 12.8. The van der Waals surface area contributed by atoms with Gasteiger partial charge in [-0.05, 0) is 47.4 Å². The fourth-order valence-electron chi connectivity index (χ4n) is 3.10. The summed E-state index contributed by atoms with van der Waals surface area (Å²) in [5, 5.41) is 0. The maximum Gasteiger partial charge on any atom is 0.165 e. The van der Waals surface area contributed by atoms with E-state index >= 15 is 4.39 Å². The minimum atomic E-state index is -1.82. The lowest BCUT2D eigenvalue weighted by molar-refractivity contribution is 0.247. The number of aryl methyl sites for hydroxylation is 1. The van der Waals surface area contributed by atoms with Crippen molar-refractivity contribution in [3.8, 4) is 0 Å². The van der Waals surface area contributed by atoms with Crippen molar-refractivity contribution in [2.75, 3.05) is 0 Å². The zero-order valence-corrected chi connectivity index (χ0v) is 13.5. The molecular formula is C21H19F3. The van der Waals surface area contributed by atoms with Crippen LogP contribution in [0.15, 0.2) is 66.5 Å². The zero-order chi connectivity index (χ0) is 17.2. The Kier molecular flexibility index (Phi) is 4.61. The monoisotopic (exact) mass is 328 g/mol. The molecule has 0 radical (unpaired) electrons. The molecule has 0 heterocycles. The van der Waals surface area contributed by atoms with Gasteiger partial charge in [-0.3, -0.25) is 0 Å². The van der Waals surface area contributed by atoms with Gasteiger partial charge in [0.2, 0.25) is 0 Å². The first-order valence-corrected chi connectivity index (χ1v) is 8.15. The number of allylic oxidation sites excluding steroid dienone is 4. The van der Waals surface area contributed by atoms with E-state index in [1.165, 1.54) is 36.4 Å². The second-order valence-corrected chi connectivity index (χ2v) is 6.11. The van der Waals surface area contributed by atoms with Gasteiger partial charge < -0.3 is 0 Å². The number of alkyl halides is 1. The third-order valence-corrected chi connectivity index (χ3v) is 4.39.